The van der Waals surface area contributed by atoms with Gasteiger partial charge in [-0.3, -0.25) is 10.6 Å². The molecule has 1 unspecified atom stereocenters. The minimum Gasteiger partial charge on any atom is -0.496 e. The second kappa shape index (κ2) is 10.6. The highest BCUT2D eigenvalue weighted by atomic mass is 16.5. The summed E-state index contributed by atoms with van der Waals surface area (Å²) in [5, 5.41) is 7.13. The van der Waals surface area contributed by atoms with Crippen molar-refractivity contribution in [2.75, 3.05) is 51.1 Å². The molecular weight excluding hydrogens is 426 g/mol. The lowest BCUT2D eigenvalue weighted by Crippen LogP contribution is -2.53. The molecule has 4 rings (SSSR count). The predicted molar refractivity (Wildman–Crippen MR) is 141 cm³/mol. The molecule has 0 bridgehead atoms. The van der Waals surface area contributed by atoms with Gasteiger partial charge >= 0.3 is 0 Å². The molecule has 1 saturated heterocycles. The van der Waals surface area contributed by atoms with Crippen LogP contribution in [0.3, 0.4) is 0 Å². The fourth-order valence-electron chi connectivity index (χ4n) is 4.90. The zero-order valence-corrected chi connectivity index (χ0v) is 20.7. The van der Waals surface area contributed by atoms with Gasteiger partial charge in [-0.1, -0.05) is 18.2 Å². The highest BCUT2D eigenvalue weighted by molar-refractivity contribution is 6.05. The Hall–Kier alpha value is -2.81. The Balaban J connectivity index is 1.43. The number of hydrogen-bond donors (Lipinski definition) is 4. The van der Waals surface area contributed by atoms with Gasteiger partial charge in [-0.15, -0.1) is 0 Å². The van der Waals surface area contributed by atoms with E-state index in [9.17, 15) is 0 Å². The number of nitrogens with one attached hydrogen (secondary N) is 2. The summed E-state index contributed by atoms with van der Waals surface area (Å²) in [6.45, 7) is 3.50. The molecule has 34 heavy (non-hydrogen) atoms. The summed E-state index contributed by atoms with van der Waals surface area (Å²) in [7, 11) is 5.91. The summed E-state index contributed by atoms with van der Waals surface area (Å²) in [5.41, 5.74) is 16.9. The van der Waals surface area contributed by atoms with Gasteiger partial charge in [0.15, 0.2) is 5.79 Å². The first-order chi connectivity index (χ1) is 16.4. The highest BCUT2D eigenvalue weighted by Gasteiger charge is 2.32. The number of benzene rings is 2. The van der Waals surface area contributed by atoms with Crippen LogP contribution < -0.4 is 31.7 Å². The lowest BCUT2D eigenvalue weighted by atomic mass is 10.0. The van der Waals surface area contributed by atoms with Crippen molar-refractivity contribution in [1.29, 1.82) is 0 Å². The highest BCUT2D eigenvalue weighted by Crippen LogP contribution is 2.31. The molecule has 8 nitrogen and oxygen atoms in total. The minimum atomic E-state index is -0.830. The van der Waals surface area contributed by atoms with Gasteiger partial charge in [0.25, 0.3) is 0 Å². The molecule has 0 spiro atoms. The molecule has 2 heterocycles. The van der Waals surface area contributed by atoms with Crippen LogP contribution in [0, 0.1) is 0 Å². The summed E-state index contributed by atoms with van der Waals surface area (Å²) >= 11 is 0. The van der Waals surface area contributed by atoms with Crippen LogP contribution in [-0.2, 0) is 6.54 Å². The molecular formula is C26H39N7O. The fourth-order valence-corrected chi connectivity index (χ4v) is 4.90. The number of methoxy groups -OCH3 is 1. The van der Waals surface area contributed by atoms with E-state index in [0.717, 1.165) is 61.7 Å². The molecule has 0 amide bonds. The van der Waals surface area contributed by atoms with E-state index >= 15 is 0 Å². The van der Waals surface area contributed by atoms with Gasteiger partial charge in [-0.25, -0.2) is 4.99 Å². The quantitative estimate of drug-likeness (QED) is 0.475. The van der Waals surface area contributed by atoms with Crippen molar-refractivity contribution in [2.24, 2.45) is 16.5 Å². The Labute approximate surface area is 203 Å². The van der Waals surface area contributed by atoms with Gasteiger partial charge in [0.1, 0.15) is 11.6 Å². The third kappa shape index (κ3) is 5.46. The SMILES string of the molecule is COc1cccc(N(C)C)c1CN1CCC(NC2=NC(N)(CCCN)Nc3ccccc32)CC1. The number of nitrogens with zero attached hydrogens (tertiary/aromatic N) is 3. The second-order valence-electron chi connectivity index (χ2n) is 9.49. The number of fused-ring (bicyclic) bond motifs is 1. The molecule has 1 fully saturated rings. The molecule has 6 N–H and O–H groups in total. The molecule has 1 atom stereocenters. The number of rotatable bonds is 8. The van der Waals surface area contributed by atoms with Crippen molar-refractivity contribution in [1.82, 2.24) is 10.2 Å². The number of anilines is 2. The van der Waals surface area contributed by atoms with E-state index < -0.39 is 5.79 Å². The first-order valence-electron chi connectivity index (χ1n) is 12.2. The van der Waals surface area contributed by atoms with Gasteiger partial charge in [0.05, 0.1) is 7.11 Å². The van der Waals surface area contributed by atoms with Crippen molar-refractivity contribution >= 4 is 17.2 Å². The smallest absolute Gasteiger partial charge is 0.184 e. The first-order valence-corrected chi connectivity index (χ1v) is 12.2. The lowest BCUT2D eigenvalue weighted by molar-refractivity contribution is 0.197. The average Bonchev–Trinajstić information content (AvgIpc) is 2.84. The Kier molecular flexibility index (Phi) is 7.60. The molecule has 2 aromatic carbocycles. The Morgan fingerprint density at radius 1 is 1.18 bits per heavy atom. The minimum absolute atomic E-state index is 0.353. The third-order valence-electron chi connectivity index (χ3n) is 6.73. The van der Waals surface area contributed by atoms with Gasteiger partial charge in [0.2, 0.25) is 0 Å². The summed E-state index contributed by atoms with van der Waals surface area (Å²) in [6.07, 6.45) is 3.59. The predicted octanol–water partition coefficient (Wildman–Crippen LogP) is 2.54. The largest absolute Gasteiger partial charge is 0.496 e. The summed E-state index contributed by atoms with van der Waals surface area (Å²) in [4.78, 5) is 9.57. The number of likely N-dealkylation sites (tertiary alicyclic amines) is 1. The molecule has 2 aromatic rings. The van der Waals surface area contributed by atoms with Crippen LogP contribution in [0.2, 0.25) is 0 Å². The first kappa shape index (κ1) is 24.3. The zero-order chi connectivity index (χ0) is 24.1. The third-order valence-corrected chi connectivity index (χ3v) is 6.73. The molecule has 8 heteroatoms. The van der Waals surface area contributed by atoms with Crippen molar-refractivity contribution in [2.45, 2.75) is 44.1 Å². The molecule has 184 valence electrons. The topological polar surface area (TPSA) is 104 Å². The maximum Gasteiger partial charge on any atom is 0.184 e. The van der Waals surface area contributed by atoms with Crippen LogP contribution in [0.4, 0.5) is 11.4 Å². The molecule has 0 saturated carbocycles. The Morgan fingerprint density at radius 2 is 1.94 bits per heavy atom. The number of para-hydroxylation sites is 1. The number of ether oxygens (including phenoxy) is 1. The molecule has 2 aliphatic rings. The average molecular weight is 466 g/mol. The van der Waals surface area contributed by atoms with Crippen LogP contribution in [0.15, 0.2) is 47.5 Å². The van der Waals surface area contributed by atoms with Crippen molar-refractivity contribution in [3.63, 3.8) is 0 Å². The van der Waals surface area contributed by atoms with Gasteiger partial charge in [-0.2, -0.15) is 0 Å². The van der Waals surface area contributed by atoms with E-state index in [1.807, 2.05) is 18.2 Å². The van der Waals surface area contributed by atoms with E-state index in [-0.39, 0.29) is 0 Å². The van der Waals surface area contributed by atoms with Crippen LogP contribution in [-0.4, -0.2) is 63.4 Å². The normalized spacial score (nSPS) is 20.8. The Morgan fingerprint density at radius 3 is 2.65 bits per heavy atom. The van der Waals surface area contributed by atoms with E-state index in [1.54, 1.807) is 7.11 Å². The summed E-state index contributed by atoms with van der Waals surface area (Å²) in [6, 6.07) is 14.8. The number of nitrogens with two attached hydrogens (primary N) is 2. The Bertz CT molecular complexity index is 1000. The fraction of sp³-hybridized carbons (Fsp3) is 0.500. The molecule has 0 aromatic heterocycles. The molecule has 2 aliphatic heterocycles. The van der Waals surface area contributed by atoms with Crippen LogP contribution >= 0.6 is 0 Å². The van der Waals surface area contributed by atoms with Crippen molar-refractivity contribution in [3.05, 3.63) is 53.6 Å². The monoisotopic (exact) mass is 465 g/mol. The molecule has 0 aliphatic carbocycles. The number of hydrogen-bond acceptors (Lipinski definition) is 8. The van der Waals surface area contributed by atoms with Crippen LogP contribution in [0.1, 0.15) is 36.8 Å². The maximum atomic E-state index is 6.61. The zero-order valence-electron chi connectivity index (χ0n) is 20.7. The summed E-state index contributed by atoms with van der Waals surface area (Å²) in [5.74, 6) is 0.999. The van der Waals surface area contributed by atoms with E-state index in [2.05, 4.69) is 58.8 Å². The van der Waals surface area contributed by atoms with Crippen LogP contribution in [0.25, 0.3) is 0 Å². The van der Waals surface area contributed by atoms with E-state index in [4.69, 9.17) is 21.2 Å². The number of piperidine rings is 1. The lowest BCUT2D eigenvalue weighted by Gasteiger charge is -2.37. The maximum absolute atomic E-state index is 6.61. The van der Waals surface area contributed by atoms with Gasteiger partial charge in [0, 0.05) is 68.7 Å². The number of aliphatic imine (C=N–C) groups is 1. The van der Waals surface area contributed by atoms with Crippen molar-refractivity contribution < 1.29 is 4.74 Å². The standard InChI is InChI=1S/C26H39N7O/c1-32(2)23-10-6-11-24(34-3)21(23)18-33-16-12-19(13-17-33)29-25-20-8-4-5-9-22(20)30-26(28,31-25)14-7-15-27/h4-6,8-11,19,30H,7,12-18,27-28H2,1-3H3,(H,29,31). The van der Waals surface area contributed by atoms with Crippen LogP contribution in [0.5, 0.6) is 5.75 Å². The van der Waals surface area contributed by atoms with Gasteiger partial charge < -0.3 is 26.0 Å². The second-order valence-corrected chi connectivity index (χ2v) is 9.49. The summed E-state index contributed by atoms with van der Waals surface area (Å²) < 4.78 is 5.67. The van der Waals surface area contributed by atoms with E-state index in [1.165, 1.54) is 11.3 Å². The van der Waals surface area contributed by atoms with Gasteiger partial charge in [-0.05, 0) is 50.1 Å². The van der Waals surface area contributed by atoms with E-state index in [0.29, 0.717) is 19.0 Å². The van der Waals surface area contributed by atoms with Crippen molar-refractivity contribution in [3.8, 4) is 5.75 Å². The number of amidine groups is 1. The molecule has 0 radical (unpaired) electrons.